The van der Waals surface area contributed by atoms with Gasteiger partial charge in [-0.2, -0.15) is 0 Å². The summed E-state index contributed by atoms with van der Waals surface area (Å²) in [5.74, 6) is 0. The normalized spacial score (nSPS) is 14.5. The second-order valence-corrected chi connectivity index (χ2v) is 4.78. The van der Waals surface area contributed by atoms with Gasteiger partial charge in [-0.15, -0.1) is 0 Å². The molecule has 1 heterocycles. The largest absolute Gasteiger partial charge is 0.367 e. The molecule has 0 unspecified atom stereocenters. The molecule has 86 valence electrons. The zero-order valence-electron chi connectivity index (χ0n) is 10.2. The van der Waals surface area contributed by atoms with Gasteiger partial charge in [-0.05, 0) is 36.6 Å². The van der Waals surface area contributed by atoms with Crippen molar-refractivity contribution in [3.63, 3.8) is 0 Å². The fourth-order valence-electron chi connectivity index (χ4n) is 2.54. The number of fused-ring (bicyclic) bond motifs is 1. The molecule has 1 nitrogen and oxygen atoms in total. The lowest BCUT2D eigenvalue weighted by Gasteiger charge is -2.31. The lowest BCUT2D eigenvalue weighted by Crippen LogP contribution is -2.30. The first-order valence-corrected chi connectivity index (χ1v) is 6.21. The van der Waals surface area contributed by atoms with Crippen LogP contribution in [0.4, 0.5) is 5.69 Å². The van der Waals surface area contributed by atoms with Gasteiger partial charge in [0, 0.05) is 18.8 Å². The standard InChI is InChI=1S/C16H17N/c1-13-7-8-15-12-17(10-9-14(15)11-13)16-5-3-2-4-6-16/h2-8,11H,9-10,12H2,1H3. The topological polar surface area (TPSA) is 3.24 Å². The predicted molar refractivity (Wildman–Crippen MR) is 72.4 cm³/mol. The van der Waals surface area contributed by atoms with E-state index in [1.54, 1.807) is 0 Å². The van der Waals surface area contributed by atoms with E-state index < -0.39 is 0 Å². The summed E-state index contributed by atoms with van der Waals surface area (Å²) in [5, 5.41) is 0. The molecule has 0 bridgehead atoms. The summed E-state index contributed by atoms with van der Waals surface area (Å²) in [6.07, 6.45) is 1.16. The van der Waals surface area contributed by atoms with Gasteiger partial charge in [0.1, 0.15) is 0 Å². The Morgan fingerprint density at radius 1 is 0.941 bits per heavy atom. The van der Waals surface area contributed by atoms with Crippen LogP contribution in [0.3, 0.4) is 0 Å². The van der Waals surface area contributed by atoms with Crippen molar-refractivity contribution < 1.29 is 0 Å². The minimum Gasteiger partial charge on any atom is -0.367 e. The Bertz CT molecular complexity index is 516. The van der Waals surface area contributed by atoms with Gasteiger partial charge in [0.05, 0.1) is 0 Å². The summed E-state index contributed by atoms with van der Waals surface area (Å²) in [6.45, 7) is 4.34. The van der Waals surface area contributed by atoms with Gasteiger partial charge in [0.2, 0.25) is 0 Å². The Morgan fingerprint density at radius 2 is 1.76 bits per heavy atom. The zero-order valence-corrected chi connectivity index (χ0v) is 10.2. The molecule has 0 saturated heterocycles. The maximum Gasteiger partial charge on any atom is 0.0432 e. The number of rotatable bonds is 1. The van der Waals surface area contributed by atoms with Gasteiger partial charge in [-0.25, -0.2) is 0 Å². The van der Waals surface area contributed by atoms with Crippen molar-refractivity contribution in [2.75, 3.05) is 11.4 Å². The average Bonchev–Trinajstić information content (AvgIpc) is 2.39. The van der Waals surface area contributed by atoms with Gasteiger partial charge in [-0.1, -0.05) is 42.0 Å². The molecule has 0 saturated carbocycles. The maximum atomic E-state index is 2.46. The number of anilines is 1. The van der Waals surface area contributed by atoms with E-state index in [-0.39, 0.29) is 0 Å². The summed E-state index contributed by atoms with van der Waals surface area (Å²) >= 11 is 0. The van der Waals surface area contributed by atoms with Crippen molar-refractivity contribution in [2.24, 2.45) is 0 Å². The lowest BCUT2D eigenvalue weighted by atomic mass is 9.97. The highest BCUT2D eigenvalue weighted by Crippen LogP contribution is 2.24. The number of nitrogens with zero attached hydrogens (tertiary/aromatic N) is 1. The summed E-state index contributed by atoms with van der Waals surface area (Å²) < 4.78 is 0. The first kappa shape index (κ1) is 10.4. The third-order valence-corrected chi connectivity index (χ3v) is 3.50. The molecule has 17 heavy (non-hydrogen) atoms. The van der Waals surface area contributed by atoms with Crippen LogP contribution in [-0.2, 0) is 13.0 Å². The van der Waals surface area contributed by atoms with Crippen molar-refractivity contribution in [1.29, 1.82) is 0 Å². The number of hydrogen-bond donors (Lipinski definition) is 0. The first-order chi connectivity index (χ1) is 8.33. The van der Waals surface area contributed by atoms with Gasteiger partial charge >= 0.3 is 0 Å². The minimum atomic E-state index is 1.04. The van der Waals surface area contributed by atoms with Crippen LogP contribution < -0.4 is 4.90 Å². The summed E-state index contributed by atoms with van der Waals surface area (Å²) in [6, 6.07) is 17.5. The molecule has 1 aliphatic rings. The SMILES string of the molecule is Cc1ccc2c(c1)CCN(c1ccccc1)C2. The number of benzene rings is 2. The molecule has 0 N–H and O–H groups in total. The van der Waals surface area contributed by atoms with Gasteiger partial charge in [-0.3, -0.25) is 0 Å². The van der Waals surface area contributed by atoms with Crippen molar-refractivity contribution in [2.45, 2.75) is 19.9 Å². The van der Waals surface area contributed by atoms with Crippen LogP contribution in [0.25, 0.3) is 0 Å². The highest BCUT2D eigenvalue weighted by Gasteiger charge is 2.15. The zero-order chi connectivity index (χ0) is 11.7. The number of para-hydroxylation sites is 1. The van der Waals surface area contributed by atoms with E-state index in [1.165, 1.54) is 22.4 Å². The van der Waals surface area contributed by atoms with E-state index in [0.29, 0.717) is 0 Å². The Kier molecular flexibility index (Phi) is 2.60. The summed E-state index contributed by atoms with van der Waals surface area (Å²) in [5.41, 5.74) is 5.71. The van der Waals surface area contributed by atoms with E-state index in [2.05, 4.69) is 60.4 Å². The molecular formula is C16H17N. The monoisotopic (exact) mass is 223 g/mol. The van der Waals surface area contributed by atoms with Crippen LogP contribution >= 0.6 is 0 Å². The average molecular weight is 223 g/mol. The van der Waals surface area contributed by atoms with Crippen LogP contribution in [0.1, 0.15) is 16.7 Å². The van der Waals surface area contributed by atoms with Crippen molar-refractivity contribution >= 4 is 5.69 Å². The second-order valence-electron chi connectivity index (χ2n) is 4.78. The van der Waals surface area contributed by atoms with Crippen LogP contribution in [0.5, 0.6) is 0 Å². The van der Waals surface area contributed by atoms with Gasteiger partial charge in [0.15, 0.2) is 0 Å². The van der Waals surface area contributed by atoms with E-state index in [9.17, 15) is 0 Å². The van der Waals surface area contributed by atoms with Crippen molar-refractivity contribution in [3.8, 4) is 0 Å². The fraction of sp³-hybridized carbons (Fsp3) is 0.250. The molecule has 2 aromatic rings. The molecule has 0 atom stereocenters. The second kappa shape index (κ2) is 4.25. The molecule has 0 aliphatic carbocycles. The highest BCUT2D eigenvalue weighted by atomic mass is 15.1. The Labute approximate surface area is 103 Å². The molecule has 0 radical (unpaired) electrons. The van der Waals surface area contributed by atoms with Crippen LogP contribution in [0.2, 0.25) is 0 Å². The highest BCUT2D eigenvalue weighted by molar-refractivity contribution is 5.49. The Hall–Kier alpha value is -1.76. The van der Waals surface area contributed by atoms with Gasteiger partial charge < -0.3 is 4.90 Å². The smallest absolute Gasteiger partial charge is 0.0432 e. The first-order valence-electron chi connectivity index (χ1n) is 6.21. The van der Waals surface area contributed by atoms with Crippen molar-refractivity contribution in [1.82, 2.24) is 0 Å². The molecule has 1 heteroatoms. The molecule has 1 aliphatic heterocycles. The van der Waals surface area contributed by atoms with E-state index in [1.807, 2.05) is 0 Å². The van der Waals surface area contributed by atoms with E-state index in [4.69, 9.17) is 0 Å². The molecule has 0 amide bonds. The van der Waals surface area contributed by atoms with Crippen LogP contribution in [0.15, 0.2) is 48.5 Å². The van der Waals surface area contributed by atoms with E-state index >= 15 is 0 Å². The summed E-state index contributed by atoms with van der Waals surface area (Å²) in [4.78, 5) is 2.46. The third-order valence-electron chi connectivity index (χ3n) is 3.50. The van der Waals surface area contributed by atoms with E-state index in [0.717, 1.165) is 19.5 Å². The quantitative estimate of drug-likeness (QED) is 0.714. The third kappa shape index (κ3) is 2.05. The van der Waals surface area contributed by atoms with Crippen molar-refractivity contribution in [3.05, 3.63) is 65.2 Å². The van der Waals surface area contributed by atoms with Crippen LogP contribution in [0, 0.1) is 6.92 Å². The Balaban J connectivity index is 1.88. The number of hydrogen-bond acceptors (Lipinski definition) is 1. The van der Waals surface area contributed by atoms with Gasteiger partial charge in [0.25, 0.3) is 0 Å². The Morgan fingerprint density at radius 3 is 2.59 bits per heavy atom. The molecule has 0 aromatic heterocycles. The predicted octanol–water partition coefficient (Wildman–Crippen LogP) is 3.56. The lowest BCUT2D eigenvalue weighted by molar-refractivity contribution is 0.731. The van der Waals surface area contributed by atoms with Crippen LogP contribution in [-0.4, -0.2) is 6.54 Å². The molecular weight excluding hydrogens is 206 g/mol. The molecule has 3 rings (SSSR count). The molecule has 0 spiro atoms. The summed E-state index contributed by atoms with van der Waals surface area (Å²) in [7, 11) is 0. The number of aryl methyl sites for hydroxylation is 1. The molecule has 0 fully saturated rings. The minimum absolute atomic E-state index is 1.04. The molecule has 2 aromatic carbocycles. The fourth-order valence-corrected chi connectivity index (χ4v) is 2.54. The maximum absolute atomic E-state index is 2.46.